The van der Waals surface area contributed by atoms with Gasteiger partial charge in [0.25, 0.3) is 0 Å². The van der Waals surface area contributed by atoms with E-state index in [1.807, 2.05) is 12.1 Å². The highest BCUT2D eigenvalue weighted by Crippen LogP contribution is 2.33. The van der Waals surface area contributed by atoms with Crippen LogP contribution in [0.25, 0.3) is 10.2 Å². The van der Waals surface area contributed by atoms with Crippen molar-refractivity contribution in [3.63, 3.8) is 0 Å². The molecule has 0 aliphatic heterocycles. The van der Waals surface area contributed by atoms with Crippen molar-refractivity contribution in [1.82, 2.24) is 9.97 Å². The molecule has 3 aromatic rings. The molecule has 0 saturated carbocycles. The Labute approximate surface area is 144 Å². The predicted molar refractivity (Wildman–Crippen MR) is 91.2 cm³/mol. The van der Waals surface area contributed by atoms with Crippen molar-refractivity contribution in [3.8, 4) is 0 Å². The summed E-state index contributed by atoms with van der Waals surface area (Å²) in [5, 5.41) is 5.28. The molecular formula is C13H7Cl4N3S. The van der Waals surface area contributed by atoms with E-state index in [1.165, 1.54) is 11.3 Å². The Hall–Kier alpha value is -0.780. The normalized spacial score (nSPS) is 11.0. The van der Waals surface area contributed by atoms with Gasteiger partial charge in [0, 0.05) is 6.54 Å². The molecule has 3 rings (SSSR count). The Morgan fingerprint density at radius 1 is 1.00 bits per heavy atom. The molecule has 0 fully saturated rings. The van der Waals surface area contributed by atoms with E-state index in [0.29, 0.717) is 26.7 Å². The Bertz CT molecular complexity index is 819. The van der Waals surface area contributed by atoms with Crippen molar-refractivity contribution in [1.29, 1.82) is 0 Å². The van der Waals surface area contributed by atoms with Gasteiger partial charge in [0.05, 0.1) is 19.8 Å². The fourth-order valence-corrected chi connectivity index (χ4v) is 3.46. The van der Waals surface area contributed by atoms with Crippen molar-refractivity contribution in [2.45, 2.75) is 6.54 Å². The number of halogens is 4. The second-order valence-corrected chi connectivity index (χ2v) is 7.03. The molecule has 2 heterocycles. The van der Waals surface area contributed by atoms with Crippen molar-refractivity contribution in [2.24, 2.45) is 0 Å². The predicted octanol–water partition coefficient (Wildman–Crippen LogP) is 5.92. The Morgan fingerprint density at radius 3 is 2.57 bits per heavy atom. The molecule has 0 saturated heterocycles. The zero-order valence-corrected chi connectivity index (χ0v) is 14.2. The van der Waals surface area contributed by atoms with Gasteiger partial charge in [-0.15, -0.1) is 11.3 Å². The summed E-state index contributed by atoms with van der Waals surface area (Å²) in [6.07, 6.45) is 0. The first-order chi connectivity index (χ1) is 10.0. The molecule has 0 bridgehead atoms. The van der Waals surface area contributed by atoms with Crippen LogP contribution in [0, 0.1) is 0 Å². The van der Waals surface area contributed by atoms with Crippen LogP contribution >= 0.6 is 57.7 Å². The molecule has 0 aliphatic rings. The van der Waals surface area contributed by atoms with E-state index in [0.717, 1.165) is 15.8 Å². The number of rotatable bonds is 3. The lowest BCUT2D eigenvalue weighted by Gasteiger charge is -2.08. The summed E-state index contributed by atoms with van der Waals surface area (Å²) in [5.74, 6) is 0.638. The minimum absolute atomic E-state index is 0.178. The van der Waals surface area contributed by atoms with E-state index < -0.39 is 0 Å². The maximum absolute atomic E-state index is 6.01. The molecule has 0 atom stereocenters. The highest BCUT2D eigenvalue weighted by molar-refractivity contribution is 7.22. The van der Waals surface area contributed by atoms with Gasteiger partial charge in [-0.1, -0.05) is 40.9 Å². The van der Waals surface area contributed by atoms with Crippen molar-refractivity contribution < 1.29 is 0 Å². The van der Waals surface area contributed by atoms with Crippen LogP contribution < -0.4 is 5.32 Å². The van der Waals surface area contributed by atoms with E-state index in [2.05, 4.69) is 15.3 Å². The second-order valence-electron chi connectivity index (χ2n) is 4.21. The van der Waals surface area contributed by atoms with Gasteiger partial charge < -0.3 is 5.32 Å². The van der Waals surface area contributed by atoms with Gasteiger partial charge in [-0.25, -0.2) is 9.97 Å². The number of hydrogen-bond donors (Lipinski definition) is 1. The number of nitrogens with zero attached hydrogens (tertiary/aromatic N) is 2. The minimum atomic E-state index is 0.178. The van der Waals surface area contributed by atoms with Gasteiger partial charge in [-0.2, -0.15) is 0 Å². The smallest absolute Gasteiger partial charge is 0.225 e. The minimum Gasteiger partial charge on any atom is -0.365 e. The second kappa shape index (κ2) is 6.15. The summed E-state index contributed by atoms with van der Waals surface area (Å²) in [5.41, 5.74) is 0.980. The highest BCUT2D eigenvalue weighted by Gasteiger charge is 2.10. The lowest BCUT2D eigenvalue weighted by atomic mass is 10.2. The van der Waals surface area contributed by atoms with Crippen LogP contribution in [0.15, 0.2) is 24.3 Å². The summed E-state index contributed by atoms with van der Waals surface area (Å²) < 4.78 is 0.638. The topological polar surface area (TPSA) is 37.8 Å². The molecule has 3 nitrogen and oxygen atoms in total. The summed E-state index contributed by atoms with van der Waals surface area (Å²) in [7, 11) is 0. The van der Waals surface area contributed by atoms with Gasteiger partial charge in [0.2, 0.25) is 5.28 Å². The maximum atomic E-state index is 6.01. The molecule has 8 heteroatoms. The average molecular weight is 379 g/mol. The quantitative estimate of drug-likeness (QED) is 0.575. The van der Waals surface area contributed by atoms with E-state index in [1.54, 1.807) is 12.1 Å². The highest BCUT2D eigenvalue weighted by atomic mass is 35.5. The maximum Gasteiger partial charge on any atom is 0.225 e. The number of fused-ring (bicyclic) bond motifs is 1. The lowest BCUT2D eigenvalue weighted by molar-refractivity contribution is 1.11. The van der Waals surface area contributed by atoms with Crippen LogP contribution in [-0.2, 0) is 6.54 Å². The van der Waals surface area contributed by atoms with Crippen LogP contribution in [0.3, 0.4) is 0 Å². The van der Waals surface area contributed by atoms with Crippen molar-refractivity contribution >= 4 is 73.8 Å². The fraction of sp³-hybridized carbons (Fsp3) is 0.0769. The molecule has 2 aromatic heterocycles. The van der Waals surface area contributed by atoms with Gasteiger partial charge >= 0.3 is 0 Å². The van der Waals surface area contributed by atoms with Gasteiger partial charge in [-0.05, 0) is 35.4 Å². The van der Waals surface area contributed by atoms with E-state index in [9.17, 15) is 0 Å². The van der Waals surface area contributed by atoms with Crippen LogP contribution in [0.5, 0.6) is 0 Å². The third kappa shape index (κ3) is 3.35. The summed E-state index contributed by atoms with van der Waals surface area (Å²) >= 11 is 25.2. The molecule has 1 N–H and O–H groups in total. The van der Waals surface area contributed by atoms with E-state index >= 15 is 0 Å². The van der Waals surface area contributed by atoms with Gasteiger partial charge in [0.1, 0.15) is 10.6 Å². The molecule has 108 valence electrons. The van der Waals surface area contributed by atoms with Crippen molar-refractivity contribution in [2.75, 3.05) is 5.32 Å². The van der Waals surface area contributed by atoms with Crippen LogP contribution in [0.2, 0.25) is 19.7 Å². The number of hydrogen-bond acceptors (Lipinski definition) is 4. The Balaban J connectivity index is 1.89. The molecule has 0 aliphatic carbocycles. The third-order valence-corrected chi connectivity index (χ3v) is 4.85. The standard InChI is InChI=1S/C13H7Cl4N3S/c14-8-2-1-6(3-9(8)15)5-18-11-7-4-10(16)21-12(7)20-13(17)19-11/h1-4H,5H2,(H,18,19,20). The molecule has 0 spiro atoms. The molecular weight excluding hydrogens is 372 g/mol. The number of anilines is 1. The zero-order chi connectivity index (χ0) is 15.0. The molecule has 0 radical (unpaired) electrons. The Kier molecular flexibility index (Phi) is 4.43. The van der Waals surface area contributed by atoms with E-state index in [-0.39, 0.29) is 5.28 Å². The number of benzene rings is 1. The monoisotopic (exact) mass is 377 g/mol. The first-order valence-corrected chi connectivity index (χ1v) is 8.16. The Morgan fingerprint density at radius 2 is 1.81 bits per heavy atom. The fourth-order valence-electron chi connectivity index (χ4n) is 1.84. The zero-order valence-electron chi connectivity index (χ0n) is 10.3. The van der Waals surface area contributed by atoms with Gasteiger partial charge in [-0.3, -0.25) is 0 Å². The van der Waals surface area contributed by atoms with Crippen LogP contribution in [-0.4, -0.2) is 9.97 Å². The number of nitrogens with one attached hydrogen (secondary N) is 1. The SMILES string of the molecule is Clc1nc(NCc2ccc(Cl)c(Cl)c2)c2cc(Cl)sc2n1. The summed E-state index contributed by atoms with van der Waals surface area (Å²) in [6, 6.07) is 7.26. The summed E-state index contributed by atoms with van der Waals surface area (Å²) in [4.78, 5) is 9.10. The van der Waals surface area contributed by atoms with Gasteiger partial charge in [0.15, 0.2) is 0 Å². The molecule has 0 unspecified atom stereocenters. The van der Waals surface area contributed by atoms with E-state index in [4.69, 9.17) is 46.4 Å². The molecule has 0 amide bonds. The van der Waals surface area contributed by atoms with Crippen LogP contribution in [0.4, 0.5) is 5.82 Å². The first kappa shape index (κ1) is 15.1. The average Bonchev–Trinajstić information content (AvgIpc) is 2.80. The van der Waals surface area contributed by atoms with Crippen molar-refractivity contribution in [3.05, 3.63) is 49.5 Å². The summed E-state index contributed by atoms with van der Waals surface area (Å²) in [6.45, 7) is 0.535. The van der Waals surface area contributed by atoms with Crippen LogP contribution in [0.1, 0.15) is 5.56 Å². The largest absolute Gasteiger partial charge is 0.365 e. The molecule has 21 heavy (non-hydrogen) atoms. The number of thiophene rings is 1. The molecule has 1 aromatic carbocycles. The third-order valence-electron chi connectivity index (χ3n) is 2.78. The number of aromatic nitrogens is 2. The first-order valence-electron chi connectivity index (χ1n) is 5.83. The lowest BCUT2D eigenvalue weighted by Crippen LogP contribution is -2.02.